The normalized spacial score (nSPS) is 15.6. The third-order valence-electron chi connectivity index (χ3n) is 6.49. The van der Waals surface area contributed by atoms with E-state index in [1.54, 1.807) is 36.4 Å². The minimum Gasteiger partial charge on any atom is -0.489 e. The van der Waals surface area contributed by atoms with E-state index in [0.717, 1.165) is 37.6 Å². The summed E-state index contributed by atoms with van der Waals surface area (Å²) in [5.74, 6) is 0.528. The summed E-state index contributed by atoms with van der Waals surface area (Å²) >= 11 is 0. The number of likely N-dealkylation sites (tertiary alicyclic amines) is 1. The third-order valence-corrected chi connectivity index (χ3v) is 7.01. The van der Waals surface area contributed by atoms with E-state index >= 15 is 0 Å². The monoisotopic (exact) mass is 535 g/mol. The van der Waals surface area contributed by atoms with E-state index in [4.69, 9.17) is 14.5 Å². The molecule has 0 amide bonds. The van der Waals surface area contributed by atoms with Crippen LogP contribution in [0.2, 0.25) is 0 Å². The van der Waals surface area contributed by atoms with Gasteiger partial charge in [0.05, 0.1) is 12.2 Å². The molecule has 0 saturated carbocycles. The van der Waals surface area contributed by atoms with Gasteiger partial charge in [0.15, 0.2) is 0 Å². The molecule has 1 aliphatic rings. The van der Waals surface area contributed by atoms with Crippen molar-refractivity contribution in [3.05, 3.63) is 89.5 Å². The lowest BCUT2D eigenvalue weighted by molar-refractivity contribution is -0.137. The maximum Gasteiger partial charge on any atom is 0.469 e. The molecular weight excluding hydrogens is 506 g/mol. The largest absolute Gasteiger partial charge is 0.489 e. The number of benzene rings is 3. The molecule has 10 heteroatoms. The van der Waals surface area contributed by atoms with Gasteiger partial charge in [0.2, 0.25) is 0 Å². The van der Waals surface area contributed by atoms with Crippen molar-refractivity contribution >= 4 is 7.82 Å². The van der Waals surface area contributed by atoms with E-state index in [-0.39, 0.29) is 24.5 Å². The Bertz CT molecular complexity index is 1210. The average molecular weight is 535 g/mol. The fraction of sp³-hybridized carbons (Fsp3) is 0.333. The van der Waals surface area contributed by atoms with Gasteiger partial charge in [-0.05, 0) is 66.2 Å². The smallest absolute Gasteiger partial charge is 0.469 e. The first-order valence-corrected chi connectivity index (χ1v) is 13.5. The molecule has 1 saturated heterocycles. The van der Waals surface area contributed by atoms with Gasteiger partial charge < -0.3 is 19.4 Å². The zero-order chi connectivity index (χ0) is 26.5. The Balaban J connectivity index is 1.32. The first-order chi connectivity index (χ1) is 17.6. The Hall–Kier alpha value is -2.68. The first kappa shape index (κ1) is 27.4. The number of phosphoric acid groups is 1. The summed E-state index contributed by atoms with van der Waals surface area (Å²) < 4.78 is 62.2. The third kappa shape index (κ3) is 7.90. The highest BCUT2D eigenvalue weighted by molar-refractivity contribution is 7.46. The zero-order valence-electron chi connectivity index (χ0n) is 20.1. The molecule has 1 heterocycles. The molecule has 1 fully saturated rings. The van der Waals surface area contributed by atoms with E-state index in [1.807, 2.05) is 24.3 Å². The minimum atomic E-state index is -4.51. The van der Waals surface area contributed by atoms with Gasteiger partial charge in [-0.3, -0.25) is 4.52 Å². The summed E-state index contributed by atoms with van der Waals surface area (Å²) in [4.78, 5) is 19.7. The van der Waals surface area contributed by atoms with Crippen LogP contribution in [0.4, 0.5) is 13.2 Å². The van der Waals surface area contributed by atoms with Crippen LogP contribution < -0.4 is 4.74 Å². The molecule has 3 aromatic carbocycles. The highest BCUT2D eigenvalue weighted by atomic mass is 31.2. The predicted molar refractivity (Wildman–Crippen MR) is 134 cm³/mol. The fourth-order valence-corrected chi connectivity index (χ4v) is 4.87. The summed E-state index contributed by atoms with van der Waals surface area (Å²) in [7, 11) is -4.44. The van der Waals surface area contributed by atoms with Crippen molar-refractivity contribution in [2.24, 2.45) is 0 Å². The van der Waals surface area contributed by atoms with E-state index in [9.17, 15) is 17.7 Å². The van der Waals surface area contributed by atoms with E-state index in [0.29, 0.717) is 18.0 Å². The molecule has 0 radical (unpaired) electrons. The molecule has 0 bridgehead atoms. The Kier molecular flexibility index (Phi) is 8.72. The second kappa shape index (κ2) is 11.8. The second-order valence-corrected chi connectivity index (χ2v) is 10.3. The van der Waals surface area contributed by atoms with E-state index in [1.165, 1.54) is 11.6 Å². The summed E-state index contributed by atoms with van der Waals surface area (Å²) in [5, 5.41) is 0. The summed E-state index contributed by atoms with van der Waals surface area (Å²) in [6.07, 6.45) is -2.67. The Morgan fingerprint density at radius 3 is 2.24 bits per heavy atom. The van der Waals surface area contributed by atoms with Crippen molar-refractivity contribution in [2.45, 2.75) is 31.5 Å². The zero-order valence-corrected chi connectivity index (χ0v) is 21.0. The predicted octanol–water partition coefficient (Wildman–Crippen LogP) is 6.24. The molecule has 6 nitrogen and oxygen atoms in total. The topological polar surface area (TPSA) is 79.2 Å². The van der Waals surface area contributed by atoms with Crippen LogP contribution in [-0.4, -0.2) is 40.9 Å². The van der Waals surface area contributed by atoms with Gasteiger partial charge in [-0.2, -0.15) is 13.2 Å². The van der Waals surface area contributed by atoms with Gasteiger partial charge in [-0.1, -0.05) is 60.7 Å². The number of ether oxygens (including phenoxy) is 1. The highest BCUT2D eigenvalue weighted by Gasteiger charge is 2.34. The number of hydrogen-bond acceptors (Lipinski definition) is 4. The highest BCUT2D eigenvalue weighted by Crippen LogP contribution is 2.39. The molecular formula is C27H29F3NO5P. The molecule has 37 heavy (non-hydrogen) atoms. The van der Waals surface area contributed by atoms with Crippen LogP contribution in [0.15, 0.2) is 72.8 Å². The lowest BCUT2D eigenvalue weighted by Crippen LogP contribution is -2.35. The summed E-state index contributed by atoms with van der Waals surface area (Å²) in [6.45, 7) is 2.22. The standard InChI is InChI=1S/C27H29F3NO5P/c28-27(29,30)26-18-24(10-11-25(26)23-4-2-1-3-5-23)35-19-20-6-8-21(9-7-20)22-12-14-31(15-13-22)16-17-36-37(32,33)34/h1-11,18,22H,12-17,19H2,(H2,32,33,34). The molecule has 4 rings (SSSR count). The van der Waals surface area contributed by atoms with Gasteiger partial charge >= 0.3 is 14.0 Å². The lowest BCUT2D eigenvalue weighted by atomic mass is 9.89. The number of nitrogens with zero attached hydrogens (tertiary/aromatic N) is 1. The van der Waals surface area contributed by atoms with Crippen molar-refractivity contribution in [3.63, 3.8) is 0 Å². The molecule has 1 aliphatic heterocycles. The Morgan fingerprint density at radius 2 is 1.62 bits per heavy atom. The number of piperidine rings is 1. The molecule has 2 N–H and O–H groups in total. The van der Waals surface area contributed by atoms with Crippen molar-refractivity contribution in [1.82, 2.24) is 4.90 Å². The maximum atomic E-state index is 13.7. The van der Waals surface area contributed by atoms with Gasteiger partial charge in [0.25, 0.3) is 0 Å². The quantitative estimate of drug-likeness (QED) is 0.316. The number of alkyl halides is 3. The molecule has 0 aliphatic carbocycles. The molecule has 0 spiro atoms. The maximum absolute atomic E-state index is 13.7. The summed E-state index contributed by atoms with van der Waals surface area (Å²) in [5.41, 5.74) is 1.92. The fourth-order valence-electron chi connectivity index (χ4n) is 4.55. The average Bonchev–Trinajstić information content (AvgIpc) is 2.87. The van der Waals surface area contributed by atoms with Crippen LogP contribution in [0, 0.1) is 0 Å². The molecule has 198 valence electrons. The van der Waals surface area contributed by atoms with Crippen LogP contribution in [0.3, 0.4) is 0 Å². The van der Waals surface area contributed by atoms with Gasteiger partial charge in [0, 0.05) is 6.54 Å². The second-order valence-electron chi connectivity index (χ2n) is 9.04. The number of hydrogen-bond donors (Lipinski definition) is 2. The van der Waals surface area contributed by atoms with Crippen molar-refractivity contribution < 1.29 is 36.8 Å². The van der Waals surface area contributed by atoms with Crippen LogP contribution in [-0.2, 0) is 21.9 Å². The van der Waals surface area contributed by atoms with Crippen LogP contribution in [0.5, 0.6) is 5.75 Å². The van der Waals surface area contributed by atoms with Crippen LogP contribution in [0.25, 0.3) is 11.1 Å². The number of phosphoric ester groups is 1. The van der Waals surface area contributed by atoms with Crippen LogP contribution >= 0.6 is 7.82 Å². The van der Waals surface area contributed by atoms with Crippen molar-refractivity contribution in [3.8, 4) is 16.9 Å². The molecule has 0 aromatic heterocycles. The minimum absolute atomic E-state index is 0.0108. The SMILES string of the molecule is O=P(O)(O)OCCN1CCC(c2ccc(COc3ccc(-c4ccccc4)c(C(F)(F)F)c3)cc2)CC1. The molecule has 3 aromatic rings. The number of halogens is 3. The van der Waals surface area contributed by atoms with E-state index < -0.39 is 19.6 Å². The van der Waals surface area contributed by atoms with Gasteiger partial charge in [0.1, 0.15) is 12.4 Å². The van der Waals surface area contributed by atoms with Gasteiger partial charge in [-0.25, -0.2) is 4.57 Å². The number of rotatable bonds is 9. The lowest BCUT2D eigenvalue weighted by Gasteiger charge is -2.32. The Labute approximate surface area is 213 Å². The Morgan fingerprint density at radius 1 is 0.946 bits per heavy atom. The van der Waals surface area contributed by atoms with Crippen molar-refractivity contribution in [2.75, 3.05) is 26.2 Å². The summed E-state index contributed by atoms with van der Waals surface area (Å²) in [6, 6.07) is 20.4. The molecule has 0 unspecified atom stereocenters. The molecule has 0 atom stereocenters. The van der Waals surface area contributed by atoms with E-state index in [2.05, 4.69) is 9.42 Å². The first-order valence-electron chi connectivity index (χ1n) is 12.0. The van der Waals surface area contributed by atoms with Crippen molar-refractivity contribution in [1.29, 1.82) is 0 Å². The van der Waals surface area contributed by atoms with Gasteiger partial charge in [-0.15, -0.1) is 0 Å². The van der Waals surface area contributed by atoms with Crippen LogP contribution in [0.1, 0.15) is 35.4 Å².